The number of hydrogen-bond donors (Lipinski definition) is 1. The average molecular weight is 345 g/mol. The first-order valence-electron chi connectivity index (χ1n) is 8.01. The van der Waals surface area contributed by atoms with Crippen molar-refractivity contribution in [3.63, 3.8) is 0 Å². The van der Waals surface area contributed by atoms with Gasteiger partial charge in [0.05, 0.1) is 0 Å². The van der Waals surface area contributed by atoms with E-state index in [9.17, 15) is 4.79 Å². The van der Waals surface area contributed by atoms with E-state index in [0.717, 1.165) is 24.5 Å². The predicted octanol–water partition coefficient (Wildman–Crippen LogP) is 3.26. The second-order valence-corrected chi connectivity index (χ2v) is 7.29. The molecule has 1 atom stereocenters. The second kappa shape index (κ2) is 5.66. The molecule has 1 amide bonds. The maximum absolute atomic E-state index is 12.7. The number of anilines is 2. The van der Waals surface area contributed by atoms with Crippen molar-refractivity contribution in [2.45, 2.75) is 38.5 Å². The van der Waals surface area contributed by atoms with Crippen LogP contribution in [0, 0.1) is 0 Å². The fourth-order valence-corrected chi connectivity index (χ4v) is 3.87. The smallest absolute Gasteiger partial charge is 0.247 e. The summed E-state index contributed by atoms with van der Waals surface area (Å²) < 4.78 is 11.4. The maximum atomic E-state index is 12.7. The third-order valence-corrected chi connectivity index (χ3v) is 4.95. The predicted molar refractivity (Wildman–Crippen MR) is 92.9 cm³/mol. The molecular weight excluding hydrogens is 326 g/mol. The molecule has 6 nitrogen and oxygen atoms in total. The Morgan fingerprint density at radius 1 is 1.38 bits per heavy atom. The van der Waals surface area contributed by atoms with E-state index in [0.29, 0.717) is 17.2 Å². The van der Waals surface area contributed by atoms with Crippen LogP contribution in [0.4, 0.5) is 10.8 Å². The van der Waals surface area contributed by atoms with E-state index in [-0.39, 0.29) is 11.9 Å². The molecule has 2 aromatic rings. The number of nitrogens with one attached hydrogen (secondary N) is 1. The molecule has 7 heteroatoms. The second-order valence-electron chi connectivity index (χ2n) is 6.42. The quantitative estimate of drug-likeness (QED) is 0.925. The van der Waals surface area contributed by atoms with Gasteiger partial charge in [-0.05, 0) is 25.0 Å². The Labute approximate surface area is 144 Å². The molecule has 1 aromatic heterocycles. The summed E-state index contributed by atoms with van der Waals surface area (Å²) >= 11 is 1.56. The van der Waals surface area contributed by atoms with Gasteiger partial charge in [-0.3, -0.25) is 4.79 Å². The zero-order valence-corrected chi connectivity index (χ0v) is 14.4. The number of carbonyl (C=O) groups is 1. The monoisotopic (exact) mass is 345 g/mol. The Morgan fingerprint density at radius 3 is 3.00 bits per heavy atom. The Kier molecular flexibility index (Phi) is 3.60. The van der Waals surface area contributed by atoms with E-state index in [2.05, 4.69) is 15.2 Å². The number of thiazole rings is 1. The van der Waals surface area contributed by atoms with Crippen LogP contribution in [0.2, 0.25) is 0 Å². The molecule has 0 aliphatic carbocycles. The number of benzene rings is 1. The standard InChI is InChI=1S/C17H19N3O3S/c1-17(2)22-13-6-5-11(10-14(13)23-17)19-15(21)12-4-3-8-20(12)16-18-7-9-24-16/h5-7,9-10,12H,3-4,8H2,1-2H3,(H,19,21)/t12-/m0/s1. The highest BCUT2D eigenvalue weighted by molar-refractivity contribution is 7.13. The average Bonchev–Trinajstić information content (AvgIpc) is 3.24. The normalized spacial score (nSPS) is 21.1. The summed E-state index contributed by atoms with van der Waals surface area (Å²) in [4.78, 5) is 19.1. The molecule has 0 bridgehead atoms. The summed E-state index contributed by atoms with van der Waals surface area (Å²) in [6.07, 6.45) is 3.60. The molecule has 24 heavy (non-hydrogen) atoms. The first-order valence-corrected chi connectivity index (χ1v) is 8.89. The topological polar surface area (TPSA) is 63.7 Å². The summed E-state index contributed by atoms with van der Waals surface area (Å²) in [7, 11) is 0. The molecule has 1 aromatic carbocycles. The van der Waals surface area contributed by atoms with E-state index in [1.807, 2.05) is 37.4 Å². The lowest BCUT2D eigenvalue weighted by Gasteiger charge is -2.23. The zero-order chi connectivity index (χ0) is 16.7. The number of nitrogens with zero attached hydrogens (tertiary/aromatic N) is 2. The van der Waals surface area contributed by atoms with Gasteiger partial charge in [0.1, 0.15) is 6.04 Å². The summed E-state index contributed by atoms with van der Waals surface area (Å²) in [6, 6.07) is 5.29. The molecule has 4 rings (SSSR count). The van der Waals surface area contributed by atoms with E-state index >= 15 is 0 Å². The van der Waals surface area contributed by atoms with Gasteiger partial charge in [0.15, 0.2) is 16.6 Å². The SMILES string of the molecule is CC1(C)Oc2ccc(NC(=O)[C@@H]3CCCN3c3nccs3)cc2O1. The van der Waals surface area contributed by atoms with Crippen LogP contribution in [-0.2, 0) is 4.79 Å². The zero-order valence-electron chi connectivity index (χ0n) is 13.6. The van der Waals surface area contributed by atoms with E-state index in [1.165, 1.54) is 0 Å². The maximum Gasteiger partial charge on any atom is 0.247 e. The summed E-state index contributed by atoms with van der Waals surface area (Å²) in [6.45, 7) is 4.58. The fraction of sp³-hybridized carbons (Fsp3) is 0.412. The Hall–Kier alpha value is -2.28. The lowest BCUT2D eigenvalue weighted by molar-refractivity contribution is -0.117. The summed E-state index contributed by atoms with van der Waals surface area (Å²) in [5.74, 6) is 0.669. The minimum Gasteiger partial charge on any atom is -0.449 e. The van der Waals surface area contributed by atoms with Crippen molar-refractivity contribution in [2.24, 2.45) is 0 Å². The van der Waals surface area contributed by atoms with Gasteiger partial charge in [0.25, 0.3) is 0 Å². The molecule has 2 aliphatic rings. The lowest BCUT2D eigenvalue weighted by atomic mass is 10.2. The largest absolute Gasteiger partial charge is 0.449 e. The van der Waals surface area contributed by atoms with Crippen molar-refractivity contribution in [3.8, 4) is 11.5 Å². The van der Waals surface area contributed by atoms with E-state index < -0.39 is 5.79 Å². The number of ether oxygens (including phenoxy) is 2. The third kappa shape index (κ3) is 2.80. The fourth-order valence-electron chi connectivity index (χ4n) is 3.15. The van der Waals surface area contributed by atoms with Gasteiger partial charge < -0.3 is 19.7 Å². The highest BCUT2D eigenvalue weighted by atomic mass is 32.1. The summed E-state index contributed by atoms with van der Waals surface area (Å²) in [5.41, 5.74) is 0.714. The molecule has 0 radical (unpaired) electrons. The minimum absolute atomic E-state index is 0.0131. The van der Waals surface area contributed by atoms with Gasteiger partial charge in [0, 0.05) is 43.7 Å². The van der Waals surface area contributed by atoms with Crippen molar-refractivity contribution < 1.29 is 14.3 Å². The first-order chi connectivity index (χ1) is 11.5. The number of fused-ring (bicyclic) bond motifs is 1. The molecule has 2 aliphatic heterocycles. The number of amides is 1. The van der Waals surface area contributed by atoms with Gasteiger partial charge in [-0.2, -0.15) is 0 Å². The Bertz CT molecular complexity index is 760. The van der Waals surface area contributed by atoms with Crippen molar-refractivity contribution >= 4 is 28.1 Å². The van der Waals surface area contributed by atoms with E-state index in [1.54, 1.807) is 17.5 Å². The van der Waals surface area contributed by atoms with Crippen LogP contribution in [0.3, 0.4) is 0 Å². The lowest BCUT2D eigenvalue weighted by Crippen LogP contribution is -2.39. The van der Waals surface area contributed by atoms with Gasteiger partial charge in [-0.15, -0.1) is 11.3 Å². The number of hydrogen-bond acceptors (Lipinski definition) is 6. The molecule has 0 unspecified atom stereocenters. The molecule has 1 fully saturated rings. The highest BCUT2D eigenvalue weighted by Gasteiger charge is 2.34. The number of aromatic nitrogens is 1. The van der Waals surface area contributed by atoms with Crippen LogP contribution < -0.4 is 19.7 Å². The van der Waals surface area contributed by atoms with Gasteiger partial charge in [-0.1, -0.05) is 0 Å². The van der Waals surface area contributed by atoms with Crippen molar-refractivity contribution in [1.29, 1.82) is 0 Å². The molecule has 0 spiro atoms. The minimum atomic E-state index is -0.669. The number of rotatable bonds is 3. The van der Waals surface area contributed by atoms with Crippen LogP contribution >= 0.6 is 11.3 Å². The van der Waals surface area contributed by atoms with Gasteiger partial charge in [-0.25, -0.2) is 4.98 Å². The molecule has 1 N–H and O–H groups in total. The summed E-state index contributed by atoms with van der Waals surface area (Å²) in [5, 5.41) is 5.83. The molecular formula is C17H19N3O3S. The molecule has 3 heterocycles. The van der Waals surface area contributed by atoms with Crippen LogP contribution in [-0.4, -0.2) is 29.3 Å². The van der Waals surface area contributed by atoms with Crippen LogP contribution in [0.25, 0.3) is 0 Å². The van der Waals surface area contributed by atoms with Crippen LogP contribution in [0.1, 0.15) is 26.7 Å². The first kappa shape index (κ1) is 15.3. The molecule has 126 valence electrons. The van der Waals surface area contributed by atoms with Gasteiger partial charge >= 0.3 is 0 Å². The Morgan fingerprint density at radius 2 is 2.21 bits per heavy atom. The van der Waals surface area contributed by atoms with Crippen LogP contribution in [0.15, 0.2) is 29.8 Å². The van der Waals surface area contributed by atoms with E-state index in [4.69, 9.17) is 9.47 Å². The van der Waals surface area contributed by atoms with Crippen molar-refractivity contribution in [1.82, 2.24) is 4.98 Å². The molecule has 0 saturated carbocycles. The molecule has 1 saturated heterocycles. The Balaban J connectivity index is 1.49. The van der Waals surface area contributed by atoms with Crippen molar-refractivity contribution in [3.05, 3.63) is 29.8 Å². The number of carbonyl (C=O) groups excluding carboxylic acids is 1. The van der Waals surface area contributed by atoms with Gasteiger partial charge in [0.2, 0.25) is 11.7 Å². The van der Waals surface area contributed by atoms with Crippen LogP contribution in [0.5, 0.6) is 11.5 Å². The highest BCUT2D eigenvalue weighted by Crippen LogP contribution is 2.40. The third-order valence-electron chi connectivity index (χ3n) is 4.14. The van der Waals surface area contributed by atoms with Crippen molar-refractivity contribution in [2.75, 3.05) is 16.8 Å².